The maximum atomic E-state index is 12.7. The van der Waals surface area contributed by atoms with Crippen LogP contribution in [0.25, 0.3) is 0 Å². The van der Waals surface area contributed by atoms with Crippen LogP contribution in [-0.4, -0.2) is 21.5 Å². The second kappa shape index (κ2) is 6.66. The minimum Gasteiger partial charge on any atom is -0.465 e. The highest BCUT2D eigenvalue weighted by atomic mass is 79.9. The Hall–Kier alpha value is -1.70. The van der Waals surface area contributed by atoms with E-state index in [1.165, 1.54) is 25.3 Å². The second-order valence-corrected chi connectivity index (χ2v) is 8.11. The lowest BCUT2D eigenvalue weighted by Crippen LogP contribution is -2.27. The highest BCUT2D eigenvalue weighted by molar-refractivity contribution is 9.10. The normalized spacial score (nSPS) is 16.7. The molecule has 2 aromatic rings. The zero-order chi connectivity index (χ0) is 17.3. The van der Waals surface area contributed by atoms with Crippen molar-refractivity contribution in [3.63, 3.8) is 0 Å². The Balaban J connectivity index is 1.91. The number of nitrogens with one attached hydrogen (secondary N) is 1. The summed E-state index contributed by atoms with van der Waals surface area (Å²) in [6, 6.07) is 11.9. The van der Waals surface area contributed by atoms with Crippen molar-refractivity contribution >= 4 is 31.9 Å². The lowest BCUT2D eigenvalue weighted by Gasteiger charge is -2.15. The van der Waals surface area contributed by atoms with E-state index in [2.05, 4.69) is 25.4 Å². The molecule has 126 valence electrons. The molecule has 1 aliphatic carbocycles. The van der Waals surface area contributed by atoms with Crippen molar-refractivity contribution in [2.45, 2.75) is 23.8 Å². The maximum absolute atomic E-state index is 12.7. The topological polar surface area (TPSA) is 72.5 Å². The number of aryl methyl sites for hydroxylation is 1. The van der Waals surface area contributed by atoms with E-state index in [9.17, 15) is 13.2 Å². The summed E-state index contributed by atoms with van der Waals surface area (Å²) in [6.07, 6.45) is 1.57. The minimum atomic E-state index is -3.75. The van der Waals surface area contributed by atoms with Crippen LogP contribution in [0, 0.1) is 0 Å². The number of fused-ring (bicyclic) bond motifs is 1. The van der Waals surface area contributed by atoms with Gasteiger partial charge in [-0.2, -0.15) is 0 Å². The maximum Gasteiger partial charge on any atom is 0.339 e. The Morgan fingerprint density at radius 3 is 2.75 bits per heavy atom. The van der Waals surface area contributed by atoms with Gasteiger partial charge in [-0.05, 0) is 58.1 Å². The predicted octanol–water partition coefficient (Wildman–Crippen LogP) is 3.20. The zero-order valence-electron chi connectivity index (χ0n) is 13.0. The Labute approximate surface area is 149 Å². The standard InChI is InChI=1S/C17H16BrNO4S/c1-23-17(20)14-10-12(7-8-15(14)18)24(21,22)19-16-9-6-11-4-2-3-5-13(11)16/h2-5,7-8,10,16,19H,6,9H2,1H3. The molecule has 0 fully saturated rings. The fourth-order valence-corrected chi connectivity index (χ4v) is 4.56. The van der Waals surface area contributed by atoms with Crippen LogP contribution in [0.3, 0.4) is 0 Å². The molecule has 1 aliphatic rings. The van der Waals surface area contributed by atoms with Crippen molar-refractivity contribution in [1.82, 2.24) is 4.72 Å². The summed E-state index contributed by atoms with van der Waals surface area (Å²) >= 11 is 3.23. The van der Waals surface area contributed by atoms with Gasteiger partial charge >= 0.3 is 5.97 Å². The van der Waals surface area contributed by atoms with Crippen LogP contribution in [0.2, 0.25) is 0 Å². The summed E-state index contributed by atoms with van der Waals surface area (Å²) in [7, 11) is -2.49. The number of hydrogen-bond donors (Lipinski definition) is 1. The van der Waals surface area contributed by atoms with E-state index in [4.69, 9.17) is 0 Å². The summed E-state index contributed by atoms with van der Waals surface area (Å²) in [4.78, 5) is 11.8. The van der Waals surface area contributed by atoms with Crippen LogP contribution < -0.4 is 4.72 Å². The average Bonchev–Trinajstić information content (AvgIpc) is 2.97. The molecule has 0 radical (unpaired) electrons. The molecular weight excluding hydrogens is 394 g/mol. The van der Waals surface area contributed by atoms with Gasteiger partial charge in [-0.3, -0.25) is 0 Å². The van der Waals surface area contributed by atoms with Crippen molar-refractivity contribution in [2.24, 2.45) is 0 Å². The fraction of sp³-hybridized carbons (Fsp3) is 0.235. The van der Waals surface area contributed by atoms with Crippen LogP contribution in [0.1, 0.15) is 33.9 Å². The number of esters is 1. The molecule has 0 saturated heterocycles. The summed E-state index contributed by atoms with van der Waals surface area (Å²) in [6.45, 7) is 0. The molecule has 2 aromatic carbocycles. The van der Waals surface area contributed by atoms with E-state index in [0.717, 1.165) is 24.0 Å². The van der Waals surface area contributed by atoms with Crippen LogP contribution in [0.5, 0.6) is 0 Å². The van der Waals surface area contributed by atoms with E-state index in [-0.39, 0.29) is 16.5 Å². The number of carbonyl (C=O) groups is 1. The van der Waals surface area contributed by atoms with E-state index in [0.29, 0.717) is 4.47 Å². The first kappa shape index (κ1) is 17.1. The van der Waals surface area contributed by atoms with Gasteiger partial charge in [0.15, 0.2) is 0 Å². The third kappa shape index (κ3) is 3.24. The molecule has 24 heavy (non-hydrogen) atoms. The molecule has 1 unspecified atom stereocenters. The number of hydrogen-bond acceptors (Lipinski definition) is 4. The SMILES string of the molecule is COC(=O)c1cc(S(=O)(=O)NC2CCc3ccccc32)ccc1Br. The van der Waals surface area contributed by atoms with Crippen molar-refractivity contribution in [1.29, 1.82) is 0 Å². The third-order valence-corrected chi connectivity index (χ3v) is 6.24. The highest BCUT2D eigenvalue weighted by Gasteiger charge is 2.28. The molecule has 1 atom stereocenters. The van der Waals surface area contributed by atoms with E-state index in [1.807, 2.05) is 24.3 Å². The Kier molecular flexibility index (Phi) is 4.76. The molecule has 0 amide bonds. The number of methoxy groups -OCH3 is 1. The smallest absolute Gasteiger partial charge is 0.339 e. The number of carbonyl (C=O) groups excluding carboxylic acids is 1. The van der Waals surface area contributed by atoms with Crippen molar-refractivity contribution in [2.75, 3.05) is 7.11 Å². The van der Waals surface area contributed by atoms with Gasteiger partial charge in [-0.25, -0.2) is 17.9 Å². The molecule has 0 saturated carbocycles. The van der Waals surface area contributed by atoms with Crippen molar-refractivity contribution in [3.8, 4) is 0 Å². The Bertz CT molecular complexity index is 895. The van der Waals surface area contributed by atoms with Crippen LogP contribution in [-0.2, 0) is 21.2 Å². The summed E-state index contributed by atoms with van der Waals surface area (Å²) in [5, 5.41) is 0. The zero-order valence-corrected chi connectivity index (χ0v) is 15.4. The molecule has 0 bridgehead atoms. The monoisotopic (exact) mass is 409 g/mol. The van der Waals surface area contributed by atoms with Gasteiger partial charge in [0.1, 0.15) is 0 Å². The van der Waals surface area contributed by atoms with Gasteiger partial charge in [0.05, 0.1) is 17.6 Å². The number of halogens is 1. The molecule has 7 heteroatoms. The Morgan fingerprint density at radius 2 is 2.00 bits per heavy atom. The van der Waals surface area contributed by atoms with Gasteiger partial charge in [0, 0.05) is 10.5 Å². The molecule has 3 rings (SSSR count). The molecule has 1 N–H and O–H groups in total. The van der Waals surface area contributed by atoms with Crippen LogP contribution in [0.15, 0.2) is 51.8 Å². The summed E-state index contributed by atoms with van der Waals surface area (Å²) in [5.41, 5.74) is 2.34. The quantitative estimate of drug-likeness (QED) is 0.786. The van der Waals surface area contributed by atoms with Gasteiger partial charge < -0.3 is 4.74 Å². The van der Waals surface area contributed by atoms with E-state index < -0.39 is 16.0 Å². The molecule has 0 aromatic heterocycles. The molecule has 0 heterocycles. The summed E-state index contributed by atoms with van der Waals surface area (Å²) < 4.78 is 33.3. The van der Waals surface area contributed by atoms with Crippen molar-refractivity contribution in [3.05, 3.63) is 63.6 Å². The average molecular weight is 410 g/mol. The van der Waals surface area contributed by atoms with Crippen LogP contribution >= 0.6 is 15.9 Å². The second-order valence-electron chi connectivity index (χ2n) is 5.54. The number of rotatable bonds is 4. The van der Waals surface area contributed by atoms with Crippen LogP contribution in [0.4, 0.5) is 0 Å². The number of benzene rings is 2. The molecule has 0 aliphatic heterocycles. The lowest BCUT2D eigenvalue weighted by atomic mass is 10.1. The lowest BCUT2D eigenvalue weighted by molar-refractivity contribution is 0.0599. The van der Waals surface area contributed by atoms with Crippen molar-refractivity contribution < 1.29 is 17.9 Å². The third-order valence-electron chi connectivity index (χ3n) is 4.08. The van der Waals surface area contributed by atoms with Gasteiger partial charge in [0.25, 0.3) is 0 Å². The van der Waals surface area contributed by atoms with Gasteiger partial charge in [-0.1, -0.05) is 24.3 Å². The fourth-order valence-electron chi connectivity index (χ4n) is 2.87. The predicted molar refractivity (Wildman–Crippen MR) is 93.3 cm³/mol. The molecule has 5 nitrogen and oxygen atoms in total. The highest BCUT2D eigenvalue weighted by Crippen LogP contribution is 2.32. The minimum absolute atomic E-state index is 0.0375. The molecular formula is C17H16BrNO4S. The van der Waals surface area contributed by atoms with E-state index >= 15 is 0 Å². The summed E-state index contributed by atoms with van der Waals surface area (Å²) in [5.74, 6) is -0.592. The number of ether oxygens (including phenoxy) is 1. The van der Waals surface area contributed by atoms with Gasteiger partial charge in [-0.15, -0.1) is 0 Å². The number of sulfonamides is 1. The largest absolute Gasteiger partial charge is 0.465 e. The molecule has 0 spiro atoms. The van der Waals surface area contributed by atoms with E-state index in [1.54, 1.807) is 0 Å². The first-order valence-corrected chi connectivity index (χ1v) is 9.68. The first-order chi connectivity index (χ1) is 11.4. The Morgan fingerprint density at radius 1 is 1.25 bits per heavy atom. The van der Waals surface area contributed by atoms with Gasteiger partial charge in [0.2, 0.25) is 10.0 Å². The first-order valence-electron chi connectivity index (χ1n) is 7.40.